The predicted octanol–water partition coefficient (Wildman–Crippen LogP) is 2.39. The summed E-state index contributed by atoms with van der Waals surface area (Å²) in [5.74, 6) is -1.60. The molecule has 0 unspecified atom stereocenters. The molecule has 38 heavy (non-hydrogen) atoms. The van der Waals surface area contributed by atoms with Gasteiger partial charge in [-0.1, -0.05) is 12.1 Å². The van der Waals surface area contributed by atoms with Crippen LogP contribution in [0.25, 0.3) is 0 Å². The Hall–Kier alpha value is -4.23. The summed E-state index contributed by atoms with van der Waals surface area (Å²) in [5.41, 5.74) is 0.939. The summed E-state index contributed by atoms with van der Waals surface area (Å²) in [7, 11) is 0. The molecule has 2 aromatic carbocycles. The molecular formula is C25H28N2O11. The fraction of sp³-hybridized carbons (Fsp3) is 0.400. The SMILES string of the molecule is CC(=O)Oc1ccccc1C(=O)OCOC(=O)c1ccc(OCCCO[N+](=O)[O-])c(CN2CCOCC2)c1. The van der Waals surface area contributed by atoms with E-state index in [1.807, 2.05) is 0 Å². The summed E-state index contributed by atoms with van der Waals surface area (Å²) in [6, 6.07) is 10.8. The van der Waals surface area contributed by atoms with E-state index < -0.39 is 29.8 Å². The number of para-hydroxylation sites is 1. The molecule has 0 aliphatic carbocycles. The third-order valence-electron chi connectivity index (χ3n) is 5.28. The lowest BCUT2D eigenvalue weighted by Crippen LogP contribution is -2.35. The Labute approximate surface area is 218 Å². The Morgan fingerprint density at radius 3 is 2.47 bits per heavy atom. The summed E-state index contributed by atoms with van der Waals surface area (Å²) >= 11 is 0. The average Bonchev–Trinajstić information content (AvgIpc) is 2.89. The van der Waals surface area contributed by atoms with Gasteiger partial charge in [-0.3, -0.25) is 9.69 Å². The standard InChI is InChI=1S/C25H28N2O11/c1-18(28)38-23-6-3-2-5-21(23)25(30)36-17-35-24(29)19-7-8-22(34-11-4-12-37-27(31)32)20(15-19)16-26-9-13-33-14-10-26/h2-3,5-8,15H,4,9-14,16-17H2,1H3. The van der Waals surface area contributed by atoms with Gasteiger partial charge < -0.3 is 28.5 Å². The van der Waals surface area contributed by atoms with Crippen molar-refractivity contribution in [3.63, 3.8) is 0 Å². The van der Waals surface area contributed by atoms with Gasteiger partial charge in [-0.05, 0) is 30.3 Å². The third kappa shape index (κ3) is 9.01. The second-order valence-corrected chi connectivity index (χ2v) is 8.04. The number of nitrogens with zero attached hydrogens (tertiary/aromatic N) is 2. The summed E-state index contributed by atoms with van der Waals surface area (Å²) in [5, 5.41) is 9.42. The maximum Gasteiger partial charge on any atom is 0.344 e. The number of benzene rings is 2. The highest BCUT2D eigenvalue weighted by atomic mass is 16.9. The first-order chi connectivity index (χ1) is 18.3. The van der Waals surface area contributed by atoms with Gasteiger partial charge in [0.25, 0.3) is 5.09 Å². The first-order valence-electron chi connectivity index (χ1n) is 11.8. The lowest BCUT2D eigenvalue weighted by Gasteiger charge is -2.27. The van der Waals surface area contributed by atoms with Crippen molar-refractivity contribution in [2.45, 2.75) is 19.9 Å². The van der Waals surface area contributed by atoms with Crippen LogP contribution in [-0.2, 0) is 30.4 Å². The fourth-order valence-electron chi connectivity index (χ4n) is 3.53. The van der Waals surface area contributed by atoms with Gasteiger partial charge in [0.05, 0.1) is 32.0 Å². The Balaban J connectivity index is 1.61. The number of hydrogen-bond donors (Lipinski definition) is 0. The van der Waals surface area contributed by atoms with Crippen molar-refractivity contribution in [2.75, 3.05) is 46.3 Å². The van der Waals surface area contributed by atoms with E-state index >= 15 is 0 Å². The number of ether oxygens (including phenoxy) is 5. The van der Waals surface area contributed by atoms with Gasteiger partial charge in [0.1, 0.15) is 17.1 Å². The fourth-order valence-corrected chi connectivity index (χ4v) is 3.53. The van der Waals surface area contributed by atoms with Crippen LogP contribution < -0.4 is 9.47 Å². The Bertz CT molecular complexity index is 1130. The van der Waals surface area contributed by atoms with Crippen molar-refractivity contribution in [2.24, 2.45) is 0 Å². The molecule has 0 N–H and O–H groups in total. The number of rotatable bonds is 13. The molecule has 0 amide bonds. The van der Waals surface area contributed by atoms with Crippen LogP contribution in [0.1, 0.15) is 39.6 Å². The largest absolute Gasteiger partial charge is 0.493 e. The zero-order valence-electron chi connectivity index (χ0n) is 20.8. The molecule has 0 radical (unpaired) electrons. The van der Waals surface area contributed by atoms with E-state index in [1.54, 1.807) is 24.3 Å². The summed E-state index contributed by atoms with van der Waals surface area (Å²) in [6.45, 7) is 3.69. The van der Waals surface area contributed by atoms with Crippen LogP contribution in [0.3, 0.4) is 0 Å². The van der Waals surface area contributed by atoms with E-state index in [-0.39, 0.29) is 30.1 Å². The van der Waals surface area contributed by atoms with E-state index in [4.69, 9.17) is 23.7 Å². The van der Waals surface area contributed by atoms with Crippen molar-refractivity contribution < 1.29 is 48.0 Å². The molecule has 0 bridgehead atoms. The van der Waals surface area contributed by atoms with Crippen molar-refractivity contribution in [3.8, 4) is 11.5 Å². The third-order valence-corrected chi connectivity index (χ3v) is 5.28. The van der Waals surface area contributed by atoms with Crippen LogP contribution >= 0.6 is 0 Å². The summed E-state index contributed by atoms with van der Waals surface area (Å²) < 4.78 is 26.3. The summed E-state index contributed by atoms with van der Waals surface area (Å²) in [6.07, 6.45) is 0.299. The molecule has 2 aromatic rings. The minimum absolute atomic E-state index is 0.0108. The van der Waals surface area contributed by atoms with Gasteiger partial charge >= 0.3 is 17.9 Å². The van der Waals surface area contributed by atoms with Crippen LogP contribution in [0.2, 0.25) is 0 Å². The maximum absolute atomic E-state index is 12.7. The van der Waals surface area contributed by atoms with Gasteiger partial charge in [0.15, 0.2) is 0 Å². The normalized spacial score (nSPS) is 13.3. The first-order valence-corrected chi connectivity index (χ1v) is 11.8. The van der Waals surface area contributed by atoms with Crippen molar-refractivity contribution in [1.82, 2.24) is 4.90 Å². The number of esters is 3. The molecular weight excluding hydrogens is 504 g/mol. The summed E-state index contributed by atoms with van der Waals surface area (Å²) in [4.78, 5) is 53.0. The van der Waals surface area contributed by atoms with Gasteiger partial charge in [0, 0.05) is 38.5 Å². The number of hydrogen-bond acceptors (Lipinski definition) is 12. The van der Waals surface area contributed by atoms with Crippen molar-refractivity contribution >= 4 is 17.9 Å². The van der Waals surface area contributed by atoms with E-state index in [0.29, 0.717) is 50.6 Å². The molecule has 1 aliphatic rings. The van der Waals surface area contributed by atoms with E-state index in [9.17, 15) is 24.5 Å². The van der Waals surface area contributed by atoms with E-state index in [2.05, 4.69) is 9.74 Å². The number of carbonyl (C=O) groups is 3. The molecule has 1 saturated heterocycles. The lowest BCUT2D eigenvalue weighted by molar-refractivity contribution is -0.757. The molecule has 13 nitrogen and oxygen atoms in total. The number of carbonyl (C=O) groups excluding carboxylic acids is 3. The smallest absolute Gasteiger partial charge is 0.344 e. The molecule has 1 fully saturated rings. The molecule has 204 valence electrons. The van der Waals surface area contributed by atoms with Gasteiger partial charge in [-0.15, -0.1) is 10.1 Å². The number of morpholine rings is 1. The molecule has 3 rings (SSSR count). The highest BCUT2D eigenvalue weighted by Gasteiger charge is 2.19. The average molecular weight is 533 g/mol. The Morgan fingerprint density at radius 1 is 1.00 bits per heavy atom. The zero-order chi connectivity index (χ0) is 27.3. The molecule has 1 heterocycles. The predicted molar refractivity (Wildman–Crippen MR) is 129 cm³/mol. The zero-order valence-corrected chi connectivity index (χ0v) is 20.8. The van der Waals surface area contributed by atoms with Crippen LogP contribution in [0.15, 0.2) is 42.5 Å². The molecule has 0 atom stereocenters. The highest BCUT2D eigenvalue weighted by molar-refractivity contribution is 5.93. The highest BCUT2D eigenvalue weighted by Crippen LogP contribution is 2.24. The second-order valence-electron chi connectivity index (χ2n) is 8.04. The topological polar surface area (TPSA) is 153 Å². The molecule has 1 aliphatic heterocycles. The van der Waals surface area contributed by atoms with Crippen LogP contribution in [0, 0.1) is 10.1 Å². The van der Waals surface area contributed by atoms with Crippen LogP contribution in [-0.4, -0.2) is 74.2 Å². The van der Waals surface area contributed by atoms with Crippen LogP contribution in [0.4, 0.5) is 0 Å². The molecule has 0 aromatic heterocycles. The first kappa shape index (κ1) is 28.3. The quantitative estimate of drug-likeness (QED) is 0.0929. The monoisotopic (exact) mass is 532 g/mol. The molecule has 0 spiro atoms. The maximum atomic E-state index is 12.7. The van der Waals surface area contributed by atoms with Gasteiger partial charge in [0.2, 0.25) is 6.79 Å². The molecule has 0 saturated carbocycles. The van der Waals surface area contributed by atoms with Gasteiger partial charge in [-0.2, -0.15) is 0 Å². The Kier molecular flexibility index (Phi) is 10.8. The Morgan fingerprint density at radius 2 is 1.74 bits per heavy atom. The minimum Gasteiger partial charge on any atom is -0.493 e. The lowest BCUT2D eigenvalue weighted by atomic mass is 10.1. The van der Waals surface area contributed by atoms with Crippen LogP contribution in [0.5, 0.6) is 11.5 Å². The van der Waals surface area contributed by atoms with E-state index in [0.717, 1.165) is 0 Å². The minimum atomic E-state index is -0.861. The van der Waals surface area contributed by atoms with Gasteiger partial charge in [-0.25, -0.2) is 9.59 Å². The van der Waals surface area contributed by atoms with Crippen molar-refractivity contribution in [3.05, 3.63) is 69.3 Å². The van der Waals surface area contributed by atoms with Crippen molar-refractivity contribution in [1.29, 1.82) is 0 Å². The second kappa shape index (κ2) is 14.5. The molecule has 13 heteroatoms. The van der Waals surface area contributed by atoms with E-state index in [1.165, 1.54) is 25.1 Å².